The van der Waals surface area contributed by atoms with Crippen LogP contribution in [0.3, 0.4) is 0 Å². The molecule has 5 heteroatoms. The molecule has 0 fully saturated rings. The summed E-state index contributed by atoms with van der Waals surface area (Å²) in [6.45, 7) is 4.92. The van der Waals surface area contributed by atoms with Gasteiger partial charge in [0.15, 0.2) is 0 Å². The van der Waals surface area contributed by atoms with E-state index in [0.29, 0.717) is 30.1 Å². The van der Waals surface area contributed by atoms with Gasteiger partial charge in [0.1, 0.15) is 0 Å². The number of anilines is 1. The number of nitrogens with zero attached hydrogens (tertiary/aromatic N) is 1. The molecule has 2 rings (SSSR count). The molecule has 0 saturated heterocycles. The van der Waals surface area contributed by atoms with Crippen molar-refractivity contribution >= 4 is 15.7 Å². The topological polar surface area (TPSA) is 63.4 Å². The highest BCUT2D eigenvalue weighted by Crippen LogP contribution is 2.25. The molecule has 1 aromatic carbocycles. The van der Waals surface area contributed by atoms with E-state index in [4.69, 9.17) is 5.73 Å². The highest BCUT2D eigenvalue weighted by atomic mass is 32.2. The van der Waals surface area contributed by atoms with Crippen molar-refractivity contribution in [1.29, 1.82) is 0 Å². The number of hydrogen-bond acceptors (Lipinski definition) is 3. The van der Waals surface area contributed by atoms with Gasteiger partial charge in [0.25, 0.3) is 0 Å². The van der Waals surface area contributed by atoms with Crippen LogP contribution in [0.4, 0.5) is 5.69 Å². The molecule has 0 bridgehead atoms. The van der Waals surface area contributed by atoms with Crippen LogP contribution in [0.2, 0.25) is 0 Å². The number of hydrogen-bond donors (Lipinski definition) is 1. The van der Waals surface area contributed by atoms with Crippen molar-refractivity contribution in [3.63, 3.8) is 0 Å². The third-order valence-corrected chi connectivity index (χ3v) is 5.31. The lowest BCUT2D eigenvalue weighted by Gasteiger charge is -2.26. The molecule has 1 aliphatic rings. The van der Waals surface area contributed by atoms with Crippen molar-refractivity contribution in [2.45, 2.75) is 31.6 Å². The Morgan fingerprint density at radius 3 is 2.74 bits per heavy atom. The highest BCUT2D eigenvalue weighted by molar-refractivity contribution is 7.89. The summed E-state index contributed by atoms with van der Waals surface area (Å²) in [6.07, 6.45) is 3.54. The summed E-state index contributed by atoms with van der Waals surface area (Å²) in [6, 6.07) is 5.12. The summed E-state index contributed by atoms with van der Waals surface area (Å²) in [5.41, 5.74) is 8.14. The van der Waals surface area contributed by atoms with E-state index in [9.17, 15) is 8.42 Å². The number of aryl methyl sites for hydroxylation is 1. The summed E-state index contributed by atoms with van der Waals surface area (Å²) in [5.74, 6) is 0. The summed E-state index contributed by atoms with van der Waals surface area (Å²) < 4.78 is 27.0. The highest BCUT2D eigenvalue weighted by Gasteiger charge is 2.27. The largest absolute Gasteiger partial charge is 0.399 e. The SMILES string of the molecule is CCc1ccc(N)cc1S(=O)(=O)N1CCC=C(C)C1. The summed E-state index contributed by atoms with van der Waals surface area (Å²) in [5, 5.41) is 0. The van der Waals surface area contributed by atoms with Crippen LogP contribution in [0.25, 0.3) is 0 Å². The maximum Gasteiger partial charge on any atom is 0.243 e. The summed E-state index contributed by atoms with van der Waals surface area (Å²) in [4.78, 5) is 0.352. The fourth-order valence-corrected chi connectivity index (χ4v) is 4.15. The Morgan fingerprint density at radius 1 is 1.37 bits per heavy atom. The molecule has 0 aromatic heterocycles. The molecule has 4 nitrogen and oxygen atoms in total. The molecular weight excluding hydrogens is 260 g/mol. The molecule has 0 aliphatic carbocycles. The van der Waals surface area contributed by atoms with Crippen molar-refractivity contribution < 1.29 is 8.42 Å². The first-order chi connectivity index (χ1) is 8.95. The maximum absolute atomic E-state index is 12.7. The van der Waals surface area contributed by atoms with Crippen molar-refractivity contribution in [3.05, 3.63) is 35.4 Å². The average molecular weight is 280 g/mol. The minimum Gasteiger partial charge on any atom is -0.399 e. The third kappa shape index (κ3) is 2.82. The molecule has 0 atom stereocenters. The van der Waals surface area contributed by atoms with Crippen LogP contribution in [-0.4, -0.2) is 25.8 Å². The van der Waals surface area contributed by atoms with Crippen LogP contribution in [0.1, 0.15) is 25.8 Å². The van der Waals surface area contributed by atoms with Gasteiger partial charge in [0.05, 0.1) is 4.90 Å². The van der Waals surface area contributed by atoms with Gasteiger partial charge in [-0.15, -0.1) is 0 Å². The predicted molar refractivity (Wildman–Crippen MR) is 77.4 cm³/mol. The lowest BCUT2D eigenvalue weighted by atomic mass is 10.1. The Labute approximate surface area is 115 Å². The lowest BCUT2D eigenvalue weighted by molar-refractivity contribution is 0.427. The number of nitrogens with two attached hydrogens (primary N) is 1. The molecule has 19 heavy (non-hydrogen) atoms. The second-order valence-corrected chi connectivity index (χ2v) is 6.80. The van der Waals surface area contributed by atoms with Gasteiger partial charge in [-0.1, -0.05) is 24.6 Å². The molecule has 0 unspecified atom stereocenters. The molecule has 0 saturated carbocycles. The molecule has 1 aliphatic heterocycles. The Hall–Kier alpha value is -1.33. The molecule has 104 valence electrons. The number of nitrogen functional groups attached to an aromatic ring is 1. The smallest absolute Gasteiger partial charge is 0.243 e. The average Bonchev–Trinajstić information content (AvgIpc) is 2.38. The van der Waals surface area contributed by atoms with Crippen LogP contribution < -0.4 is 5.73 Å². The number of sulfonamides is 1. The first-order valence-corrected chi connectivity index (χ1v) is 7.93. The first-order valence-electron chi connectivity index (χ1n) is 6.49. The van der Waals surface area contributed by atoms with Crippen LogP contribution in [0.5, 0.6) is 0 Å². The standard InChI is InChI=1S/C14H20N2O2S/c1-3-12-6-7-13(15)9-14(12)19(17,18)16-8-4-5-11(2)10-16/h5-7,9H,3-4,8,10,15H2,1-2H3. The van der Waals surface area contributed by atoms with Gasteiger partial charge in [0, 0.05) is 18.8 Å². The quantitative estimate of drug-likeness (QED) is 0.682. The molecule has 0 spiro atoms. The van der Waals surface area contributed by atoms with E-state index in [0.717, 1.165) is 17.6 Å². The maximum atomic E-state index is 12.7. The van der Waals surface area contributed by atoms with Gasteiger partial charge in [0.2, 0.25) is 10.0 Å². The van der Waals surface area contributed by atoms with E-state index < -0.39 is 10.0 Å². The van der Waals surface area contributed by atoms with Gasteiger partial charge in [-0.25, -0.2) is 8.42 Å². The molecule has 1 heterocycles. The zero-order chi connectivity index (χ0) is 14.0. The molecule has 1 aromatic rings. The second kappa shape index (κ2) is 5.35. The fraction of sp³-hybridized carbons (Fsp3) is 0.429. The summed E-state index contributed by atoms with van der Waals surface area (Å²) in [7, 11) is -3.45. The van der Waals surface area contributed by atoms with Crippen molar-refractivity contribution in [2.24, 2.45) is 0 Å². The van der Waals surface area contributed by atoms with Gasteiger partial charge in [-0.3, -0.25) is 0 Å². The Bertz CT molecular complexity index is 606. The van der Waals surface area contributed by atoms with Crippen molar-refractivity contribution in [3.8, 4) is 0 Å². The molecular formula is C14H20N2O2S. The normalized spacial score (nSPS) is 17.3. The van der Waals surface area contributed by atoms with Gasteiger partial charge in [-0.2, -0.15) is 4.31 Å². The zero-order valence-corrected chi connectivity index (χ0v) is 12.2. The fourth-order valence-electron chi connectivity index (χ4n) is 2.32. The molecule has 0 amide bonds. The Balaban J connectivity index is 2.45. The third-order valence-electron chi connectivity index (χ3n) is 3.39. The van der Waals surface area contributed by atoms with Crippen LogP contribution in [-0.2, 0) is 16.4 Å². The van der Waals surface area contributed by atoms with Gasteiger partial charge < -0.3 is 5.73 Å². The van der Waals surface area contributed by atoms with E-state index >= 15 is 0 Å². The Morgan fingerprint density at radius 2 is 2.11 bits per heavy atom. The van der Waals surface area contributed by atoms with Crippen LogP contribution >= 0.6 is 0 Å². The predicted octanol–water partition coefficient (Wildman–Crippen LogP) is 2.17. The van der Waals surface area contributed by atoms with Crippen LogP contribution in [0, 0.1) is 0 Å². The van der Waals surface area contributed by atoms with Crippen molar-refractivity contribution in [1.82, 2.24) is 4.31 Å². The number of rotatable bonds is 3. The zero-order valence-electron chi connectivity index (χ0n) is 11.4. The van der Waals surface area contributed by atoms with Gasteiger partial charge in [-0.05, 0) is 37.5 Å². The minimum absolute atomic E-state index is 0.352. The monoisotopic (exact) mass is 280 g/mol. The minimum atomic E-state index is -3.45. The van der Waals surface area contributed by atoms with Gasteiger partial charge >= 0.3 is 0 Å². The second-order valence-electron chi connectivity index (χ2n) is 4.90. The number of benzene rings is 1. The molecule has 2 N–H and O–H groups in total. The molecule has 0 radical (unpaired) electrons. The van der Waals surface area contributed by atoms with Crippen LogP contribution in [0.15, 0.2) is 34.7 Å². The lowest BCUT2D eigenvalue weighted by Crippen LogP contribution is -2.35. The Kier molecular flexibility index (Phi) is 3.96. The van der Waals surface area contributed by atoms with E-state index in [2.05, 4.69) is 6.08 Å². The first kappa shape index (κ1) is 14.1. The van der Waals surface area contributed by atoms with E-state index in [1.54, 1.807) is 18.2 Å². The van der Waals surface area contributed by atoms with Crippen molar-refractivity contribution in [2.75, 3.05) is 18.8 Å². The summed E-state index contributed by atoms with van der Waals surface area (Å²) >= 11 is 0. The van der Waals surface area contributed by atoms with E-state index in [1.807, 2.05) is 13.8 Å². The van der Waals surface area contributed by atoms with E-state index in [-0.39, 0.29) is 0 Å². The van der Waals surface area contributed by atoms with E-state index in [1.165, 1.54) is 4.31 Å².